The van der Waals surface area contributed by atoms with E-state index in [1.54, 1.807) is 0 Å². The molecule has 0 aliphatic carbocycles. The number of rotatable bonds is 2. The average Bonchev–Trinajstić information content (AvgIpc) is 2.05. The summed E-state index contributed by atoms with van der Waals surface area (Å²) in [4.78, 5) is 0. The van der Waals surface area contributed by atoms with Crippen molar-refractivity contribution in [3.8, 4) is 0 Å². The van der Waals surface area contributed by atoms with Gasteiger partial charge in [-0.05, 0) is 12.5 Å². The minimum atomic E-state index is 0.223. The van der Waals surface area contributed by atoms with Crippen LogP contribution in [0.1, 0.15) is 11.5 Å². The third kappa shape index (κ3) is 1.47. The van der Waals surface area contributed by atoms with Crippen molar-refractivity contribution in [3.63, 3.8) is 0 Å². The molecule has 0 fully saturated rings. The molecule has 51 valence electrons. The summed E-state index contributed by atoms with van der Waals surface area (Å²) >= 11 is 0. The normalized spacial score (nSPS) is 12.5. The molecule has 1 atom stereocenters. The molecule has 1 rings (SSSR count). The maximum absolute atomic E-state index is 3.91. The fraction of sp³-hybridized carbons (Fsp3) is 0.100. The molecule has 1 unspecified atom stereocenters. The zero-order valence-corrected chi connectivity index (χ0v) is 5.96. The van der Waals surface area contributed by atoms with Crippen LogP contribution in [0.4, 0.5) is 0 Å². The summed E-state index contributed by atoms with van der Waals surface area (Å²) in [5.74, 6) is 0.223. The molecule has 0 bridgehead atoms. The summed E-state index contributed by atoms with van der Waals surface area (Å²) in [5, 5.41) is 0. The van der Waals surface area contributed by atoms with Gasteiger partial charge in [-0.15, -0.1) is 6.58 Å². The van der Waals surface area contributed by atoms with Crippen LogP contribution in [0.15, 0.2) is 43.0 Å². The molecular weight excluding hydrogens is 120 g/mol. The SMILES string of the molecule is [CH2]C(C=C)c1ccccc1. The Hall–Kier alpha value is -1.04. The Balaban J connectivity index is 2.84. The van der Waals surface area contributed by atoms with Crippen LogP contribution in [0, 0.1) is 6.92 Å². The van der Waals surface area contributed by atoms with Crippen LogP contribution in [-0.4, -0.2) is 0 Å². The molecule has 0 aromatic heterocycles. The van der Waals surface area contributed by atoms with Crippen LogP contribution < -0.4 is 0 Å². The Kier molecular flexibility index (Phi) is 2.27. The lowest BCUT2D eigenvalue weighted by molar-refractivity contribution is 1.09. The van der Waals surface area contributed by atoms with Gasteiger partial charge in [-0.2, -0.15) is 0 Å². The Morgan fingerprint density at radius 2 is 1.80 bits per heavy atom. The summed E-state index contributed by atoms with van der Waals surface area (Å²) in [5.41, 5.74) is 1.22. The average molecular weight is 131 g/mol. The minimum Gasteiger partial charge on any atom is -0.102 e. The number of allylic oxidation sites excluding steroid dienone is 1. The van der Waals surface area contributed by atoms with Crippen molar-refractivity contribution in [2.45, 2.75) is 5.92 Å². The zero-order chi connectivity index (χ0) is 7.40. The van der Waals surface area contributed by atoms with Crippen molar-refractivity contribution in [2.24, 2.45) is 0 Å². The lowest BCUT2D eigenvalue weighted by atomic mass is 10.0. The minimum absolute atomic E-state index is 0.223. The Labute approximate surface area is 62.2 Å². The Morgan fingerprint density at radius 3 is 2.30 bits per heavy atom. The second-order valence-corrected chi connectivity index (χ2v) is 2.25. The summed E-state index contributed by atoms with van der Waals surface area (Å²) in [6, 6.07) is 10.1. The first-order valence-corrected chi connectivity index (χ1v) is 3.35. The van der Waals surface area contributed by atoms with Crippen LogP contribution in [-0.2, 0) is 0 Å². The fourth-order valence-corrected chi connectivity index (χ4v) is 0.836. The topological polar surface area (TPSA) is 0 Å². The van der Waals surface area contributed by atoms with Crippen molar-refractivity contribution in [1.82, 2.24) is 0 Å². The first kappa shape index (κ1) is 7.07. The van der Waals surface area contributed by atoms with Gasteiger partial charge in [0, 0.05) is 5.92 Å². The van der Waals surface area contributed by atoms with Crippen molar-refractivity contribution in [1.29, 1.82) is 0 Å². The summed E-state index contributed by atoms with van der Waals surface area (Å²) in [6.07, 6.45) is 1.84. The van der Waals surface area contributed by atoms with E-state index < -0.39 is 0 Å². The van der Waals surface area contributed by atoms with Gasteiger partial charge >= 0.3 is 0 Å². The van der Waals surface area contributed by atoms with Gasteiger partial charge < -0.3 is 0 Å². The van der Waals surface area contributed by atoms with E-state index in [1.807, 2.05) is 24.3 Å². The van der Waals surface area contributed by atoms with Crippen molar-refractivity contribution in [2.75, 3.05) is 0 Å². The first-order valence-electron chi connectivity index (χ1n) is 3.35. The quantitative estimate of drug-likeness (QED) is 0.541. The van der Waals surface area contributed by atoms with E-state index in [4.69, 9.17) is 0 Å². The van der Waals surface area contributed by atoms with E-state index in [2.05, 4.69) is 25.6 Å². The molecule has 1 aromatic carbocycles. The van der Waals surface area contributed by atoms with Crippen LogP contribution in [0.2, 0.25) is 0 Å². The Morgan fingerprint density at radius 1 is 1.20 bits per heavy atom. The predicted molar refractivity (Wildman–Crippen MR) is 44.7 cm³/mol. The summed E-state index contributed by atoms with van der Waals surface area (Å²) < 4.78 is 0. The van der Waals surface area contributed by atoms with Gasteiger partial charge in [0.1, 0.15) is 0 Å². The number of hydrogen-bond donors (Lipinski definition) is 0. The van der Waals surface area contributed by atoms with E-state index in [-0.39, 0.29) is 5.92 Å². The number of hydrogen-bond acceptors (Lipinski definition) is 0. The van der Waals surface area contributed by atoms with Gasteiger partial charge in [-0.3, -0.25) is 0 Å². The third-order valence-corrected chi connectivity index (χ3v) is 1.51. The molecule has 0 N–H and O–H groups in total. The molecule has 0 amide bonds. The highest BCUT2D eigenvalue weighted by molar-refractivity contribution is 5.23. The van der Waals surface area contributed by atoms with Crippen LogP contribution in [0.25, 0.3) is 0 Å². The molecule has 0 aliphatic rings. The first-order chi connectivity index (χ1) is 4.84. The van der Waals surface area contributed by atoms with Gasteiger partial charge in [0.25, 0.3) is 0 Å². The molecule has 0 saturated carbocycles. The monoisotopic (exact) mass is 131 g/mol. The molecule has 10 heavy (non-hydrogen) atoms. The van der Waals surface area contributed by atoms with Gasteiger partial charge in [0.05, 0.1) is 0 Å². The number of benzene rings is 1. The summed E-state index contributed by atoms with van der Waals surface area (Å²) in [7, 11) is 0. The lowest BCUT2D eigenvalue weighted by Crippen LogP contribution is -1.86. The second kappa shape index (κ2) is 3.21. The molecule has 0 heteroatoms. The molecule has 0 spiro atoms. The lowest BCUT2D eigenvalue weighted by Gasteiger charge is -2.03. The highest BCUT2D eigenvalue weighted by Gasteiger charge is 1.96. The van der Waals surface area contributed by atoms with Crippen LogP contribution in [0.3, 0.4) is 0 Å². The van der Waals surface area contributed by atoms with E-state index in [0.717, 1.165) is 0 Å². The fourth-order valence-electron chi connectivity index (χ4n) is 0.836. The van der Waals surface area contributed by atoms with E-state index >= 15 is 0 Å². The van der Waals surface area contributed by atoms with Crippen molar-refractivity contribution < 1.29 is 0 Å². The van der Waals surface area contributed by atoms with Gasteiger partial charge in [0.15, 0.2) is 0 Å². The predicted octanol–water partition coefficient (Wildman–Crippen LogP) is 2.79. The van der Waals surface area contributed by atoms with Gasteiger partial charge in [0.2, 0.25) is 0 Å². The van der Waals surface area contributed by atoms with Crippen LogP contribution in [0.5, 0.6) is 0 Å². The maximum atomic E-state index is 3.91. The molecule has 1 radical (unpaired) electrons. The molecular formula is C10H11. The van der Waals surface area contributed by atoms with Crippen molar-refractivity contribution in [3.05, 3.63) is 55.5 Å². The van der Waals surface area contributed by atoms with E-state index in [0.29, 0.717) is 0 Å². The molecule has 0 saturated heterocycles. The van der Waals surface area contributed by atoms with Gasteiger partial charge in [-0.25, -0.2) is 0 Å². The molecule has 1 aromatic rings. The maximum Gasteiger partial charge on any atom is 0.00156 e. The molecule has 0 heterocycles. The molecule has 0 aliphatic heterocycles. The highest BCUT2D eigenvalue weighted by Crippen LogP contribution is 2.13. The molecule has 0 nitrogen and oxygen atoms in total. The van der Waals surface area contributed by atoms with Crippen molar-refractivity contribution >= 4 is 0 Å². The standard InChI is InChI=1S/C10H11/c1-3-9(2)10-7-5-4-6-8-10/h3-9H,1-2H2. The zero-order valence-electron chi connectivity index (χ0n) is 5.96. The van der Waals surface area contributed by atoms with Gasteiger partial charge in [-0.1, -0.05) is 36.4 Å². The van der Waals surface area contributed by atoms with E-state index in [9.17, 15) is 0 Å². The smallest absolute Gasteiger partial charge is 0.00156 e. The largest absolute Gasteiger partial charge is 0.102 e. The Bertz CT molecular complexity index is 199. The van der Waals surface area contributed by atoms with Crippen LogP contribution >= 0.6 is 0 Å². The summed E-state index contributed by atoms with van der Waals surface area (Å²) in [6.45, 7) is 7.58. The third-order valence-electron chi connectivity index (χ3n) is 1.51. The second-order valence-electron chi connectivity index (χ2n) is 2.25. The highest BCUT2D eigenvalue weighted by atomic mass is 14.0. The van der Waals surface area contributed by atoms with E-state index in [1.165, 1.54) is 5.56 Å².